The Bertz CT molecular complexity index is 955. The van der Waals surface area contributed by atoms with E-state index < -0.39 is 11.7 Å². The largest absolute Gasteiger partial charge is 0.381 e. The SMILES string of the molecule is NC(=O)c1c(-c2cccc(F)c2)c(Cl)n2c1CN(C(=O)NC1CCOCC1)CC2. The first-order chi connectivity index (χ1) is 14.0. The fourth-order valence-electron chi connectivity index (χ4n) is 3.97. The molecular weight excluding hydrogens is 399 g/mol. The van der Waals surface area contributed by atoms with Gasteiger partial charge in [0.2, 0.25) is 0 Å². The Labute approximate surface area is 172 Å². The van der Waals surface area contributed by atoms with Crippen molar-refractivity contribution in [2.24, 2.45) is 5.73 Å². The Hall–Kier alpha value is -2.58. The van der Waals surface area contributed by atoms with E-state index in [0.717, 1.165) is 12.8 Å². The second-order valence-electron chi connectivity index (χ2n) is 7.27. The summed E-state index contributed by atoms with van der Waals surface area (Å²) in [5.74, 6) is -1.10. The topological polar surface area (TPSA) is 89.6 Å². The van der Waals surface area contributed by atoms with Crippen LogP contribution in [0.4, 0.5) is 9.18 Å². The summed E-state index contributed by atoms with van der Waals surface area (Å²) in [6, 6.07) is 5.75. The summed E-state index contributed by atoms with van der Waals surface area (Å²) < 4.78 is 20.9. The van der Waals surface area contributed by atoms with E-state index in [1.165, 1.54) is 12.1 Å². The number of nitrogens with two attached hydrogens (primary N) is 1. The molecule has 0 unspecified atom stereocenters. The lowest BCUT2D eigenvalue weighted by Crippen LogP contribution is -2.49. The molecule has 0 atom stereocenters. The van der Waals surface area contributed by atoms with Gasteiger partial charge in [0, 0.05) is 37.9 Å². The average Bonchev–Trinajstić information content (AvgIpc) is 3.01. The van der Waals surface area contributed by atoms with Crippen molar-refractivity contribution < 1.29 is 18.7 Å². The van der Waals surface area contributed by atoms with Crippen LogP contribution in [0.25, 0.3) is 11.1 Å². The molecule has 2 aliphatic rings. The third kappa shape index (κ3) is 3.82. The van der Waals surface area contributed by atoms with E-state index in [-0.39, 0.29) is 24.2 Å². The van der Waals surface area contributed by atoms with Gasteiger partial charge in [0.05, 0.1) is 17.8 Å². The molecule has 3 heterocycles. The van der Waals surface area contributed by atoms with Crippen molar-refractivity contribution in [1.82, 2.24) is 14.8 Å². The standard InChI is InChI=1S/C20H22ClFN4O3/c21-18-16(12-2-1-3-13(22)10-12)17(19(23)27)15-11-25(6-7-26(15)18)20(28)24-14-4-8-29-9-5-14/h1-3,10,14H,4-9,11H2,(H2,23,27)(H,24,28). The number of carbonyl (C=O) groups is 2. The van der Waals surface area contributed by atoms with E-state index in [2.05, 4.69) is 5.32 Å². The minimum absolute atomic E-state index is 0.0759. The highest BCUT2D eigenvalue weighted by molar-refractivity contribution is 6.33. The van der Waals surface area contributed by atoms with Crippen molar-refractivity contribution in [3.05, 3.63) is 46.5 Å². The minimum Gasteiger partial charge on any atom is -0.381 e. The highest BCUT2D eigenvalue weighted by atomic mass is 35.5. The molecule has 1 aromatic heterocycles. The van der Waals surface area contributed by atoms with Crippen molar-refractivity contribution in [3.63, 3.8) is 0 Å². The lowest BCUT2D eigenvalue weighted by Gasteiger charge is -2.32. The van der Waals surface area contributed by atoms with Gasteiger partial charge in [0.15, 0.2) is 0 Å². The van der Waals surface area contributed by atoms with E-state index in [9.17, 15) is 14.0 Å². The third-order valence-electron chi connectivity index (χ3n) is 5.44. The Morgan fingerprint density at radius 3 is 2.69 bits per heavy atom. The molecule has 2 aromatic rings. The summed E-state index contributed by atoms with van der Waals surface area (Å²) in [6.07, 6.45) is 1.55. The van der Waals surface area contributed by atoms with Gasteiger partial charge in [-0.05, 0) is 30.5 Å². The summed E-state index contributed by atoms with van der Waals surface area (Å²) in [5, 5.41) is 3.35. The Morgan fingerprint density at radius 1 is 1.24 bits per heavy atom. The number of hydrogen-bond donors (Lipinski definition) is 2. The molecular formula is C20H22ClFN4O3. The first-order valence-corrected chi connectivity index (χ1v) is 9.93. The van der Waals surface area contributed by atoms with Crippen LogP contribution in [0, 0.1) is 5.82 Å². The molecule has 7 nitrogen and oxygen atoms in total. The molecule has 1 saturated heterocycles. The van der Waals surface area contributed by atoms with Crippen LogP contribution in [-0.2, 0) is 17.8 Å². The van der Waals surface area contributed by atoms with E-state index in [1.54, 1.807) is 21.6 Å². The number of amides is 3. The van der Waals surface area contributed by atoms with Crippen molar-refractivity contribution in [3.8, 4) is 11.1 Å². The van der Waals surface area contributed by atoms with Crippen LogP contribution in [0.2, 0.25) is 5.15 Å². The van der Waals surface area contributed by atoms with Crippen molar-refractivity contribution in [2.45, 2.75) is 32.0 Å². The van der Waals surface area contributed by atoms with Gasteiger partial charge in [-0.3, -0.25) is 4.79 Å². The van der Waals surface area contributed by atoms with Crippen LogP contribution in [0.5, 0.6) is 0 Å². The summed E-state index contributed by atoms with van der Waals surface area (Å²) in [5.41, 5.74) is 7.33. The normalized spacial score (nSPS) is 17.1. The number of rotatable bonds is 3. The van der Waals surface area contributed by atoms with Gasteiger partial charge in [0.25, 0.3) is 5.91 Å². The molecule has 154 valence electrons. The predicted molar refractivity (Wildman–Crippen MR) is 106 cm³/mol. The predicted octanol–water partition coefficient (Wildman–Crippen LogP) is 2.75. The third-order valence-corrected chi connectivity index (χ3v) is 5.83. The zero-order chi connectivity index (χ0) is 20.5. The van der Waals surface area contributed by atoms with Gasteiger partial charge in [-0.25, -0.2) is 9.18 Å². The van der Waals surface area contributed by atoms with E-state index in [0.29, 0.717) is 48.3 Å². The average molecular weight is 421 g/mol. The quantitative estimate of drug-likeness (QED) is 0.800. The first-order valence-electron chi connectivity index (χ1n) is 9.55. The number of primary amides is 1. The number of carbonyl (C=O) groups excluding carboxylic acids is 2. The van der Waals surface area contributed by atoms with Crippen molar-refractivity contribution in [2.75, 3.05) is 19.8 Å². The molecule has 29 heavy (non-hydrogen) atoms. The number of benzene rings is 1. The van der Waals surface area contributed by atoms with Gasteiger partial charge in [-0.1, -0.05) is 23.7 Å². The maximum atomic E-state index is 13.8. The van der Waals surface area contributed by atoms with Crippen LogP contribution >= 0.6 is 11.6 Å². The van der Waals surface area contributed by atoms with Crippen LogP contribution in [-0.4, -0.2) is 47.2 Å². The lowest BCUT2D eigenvalue weighted by molar-refractivity contribution is 0.0774. The molecule has 0 spiro atoms. The minimum atomic E-state index is -0.661. The fourth-order valence-corrected chi connectivity index (χ4v) is 4.36. The fraction of sp³-hybridized carbons (Fsp3) is 0.400. The maximum absolute atomic E-state index is 13.8. The van der Waals surface area contributed by atoms with Gasteiger partial charge in [-0.2, -0.15) is 0 Å². The number of halogens is 2. The summed E-state index contributed by atoms with van der Waals surface area (Å²) in [4.78, 5) is 26.7. The molecule has 9 heteroatoms. The second-order valence-corrected chi connectivity index (χ2v) is 7.63. The van der Waals surface area contributed by atoms with E-state index in [1.807, 2.05) is 0 Å². The molecule has 0 saturated carbocycles. The number of ether oxygens (including phenoxy) is 1. The van der Waals surface area contributed by atoms with Crippen LogP contribution in [0.15, 0.2) is 24.3 Å². The number of urea groups is 1. The molecule has 4 rings (SSSR count). The van der Waals surface area contributed by atoms with E-state index in [4.69, 9.17) is 22.1 Å². The maximum Gasteiger partial charge on any atom is 0.318 e. The summed E-state index contributed by atoms with van der Waals surface area (Å²) in [6.45, 7) is 2.32. The van der Waals surface area contributed by atoms with Crippen molar-refractivity contribution >= 4 is 23.5 Å². The van der Waals surface area contributed by atoms with Gasteiger partial charge < -0.3 is 25.3 Å². The zero-order valence-electron chi connectivity index (χ0n) is 15.8. The molecule has 3 amide bonds. The number of nitrogens with zero attached hydrogens (tertiary/aromatic N) is 2. The first kappa shape index (κ1) is 19.7. The summed E-state index contributed by atoms with van der Waals surface area (Å²) in [7, 11) is 0. The highest BCUT2D eigenvalue weighted by Crippen LogP contribution is 2.38. The summed E-state index contributed by atoms with van der Waals surface area (Å²) >= 11 is 6.56. The second kappa shape index (κ2) is 8.04. The number of nitrogens with one attached hydrogen (secondary N) is 1. The monoisotopic (exact) mass is 420 g/mol. The highest BCUT2D eigenvalue weighted by Gasteiger charge is 2.32. The number of aromatic nitrogens is 1. The van der Waals surface area contributed by atoms with Gasteiger partial charge in [0.1, 0.15) is 11.0 Å². The zero-order valence-corrected chi connectivity index (χ0v) is 16.5. The van der Waals surface area contributed by atoms with Crippen molar-refractivity contribution in [1.29, 1.82) is 0 Å². The molecule has 3 N–H and O–H groups in total. The smallest absolute Gasteiger partial charge is 0.318 e. The molecule has 2 aliphatic heterocycles. The lowest BCUT2D eigenvalue weighted by atomic mass is 10.0. The van der Waals surface area contributed by atoms with Gasteiger partial charge >= 0.3 is 6.03 Å². The van der Waals surface area contributed by atoms with E-state index >= 15 is 0 Å². The number of fused-ring (bicyclic) bond motifs is 1. The Morgan fingerprint density at radius 2 is 2.00 bits per heavy atom. The van der Waals surface area contributed by atoms with Crippen LogP contribution < -0.4 is 11.1 Å². The van der Waals surface area contributed by atoms with Crippen LogP contribution in [0.3, 0.4) is 0 Å². The van der Waals surface area contributed by atoms with Gasteiger partial charge in [-0.15, -0.1) is 0 Å². The molecule has 1 aromatic carbocycles. The molecule has 0 bridgehead atoms. The van der Waals surface area contributed by atoms with Crippen LogP contribution in [0.1, 0.15) is 28.9 Å². The molecule has 1 fully saturated rings. The Balaban J connectivity index is 1.64. The Kier molecular flexibility index (Phi) is 5.47. The molecule has 0 radical (unpaired) electrons. The molecule has 0 aliphatic carbocycles. The number of hydrogen-bond acceptors (Lipinski definition) is 3.